The zero-order valence-corrected chi connectivity index (χ0v) is 17.1. The van der Waals surface area contributed by atoms with Crippen LogP contribution in [0.1, 0.15) is 38.7 Å². The predicted octanol–water partition coefficient (Wildman–Crippen LogP) is 3.01. The smallest absolute Gasteiger partial charge is 0.410 e. The van der Waals surface area contributed by atoms with Crippen LogP contribution in [-0.4, -0.2) is 73.0 Å². The van der Waals surface area contributed by atoms with Gasteiger partial charge in [0.05, 0.1) is 0 Å². The maximum absolute atomic E-state index is 12.0. The Morgan fingerprint density at radius 1 is 1.22 bits per heavy atom. The average molecular weight is 376 g/mol. The van der Waals surface area contributed by atoms with Crippen LogP contribution in [0, 0.1) is 0 Å². The molecule has 1 aliphatic heterocycles. The molecular formula is C21H33N3O3. The summed E-state index contributed by atoms with van der Waals surface area (Å²) in [6, 6.07) is 8.08. The summed E-state index contributed by atoms with van der Waals surface area (Å²) in [7, 11) is 3.32. The van der Waals surface area contributed by atoms with E-state index < -0.39 is 0 Å². The molecule has 0 aromatic heterocycles. The molecule has 0 spiro atoms. The normalized spacial score (nSPS) is 15.7. The molecule has 0 aliphatic carbocycles. The first-order valence-corrected chi connectivity index (χ1v) is 9.90. The van der Waals surface area contributed by atoms with E-state index in [4.69, 9.17) is 4.74 Å². The summed E-state index contributed by atoms with van der Waals surface area (Å²) in [5.41, 5.74) is 1.21. The molecule has 2 amide bonds. The monoisotopic (exact) mass is 375 g/mol. The number of likely N-dealkylation sites (tertiary alicyclic amines) is 1. The molecule has 1 aromatic rings. The zero-order chi connectivity index (χ0) is 19.8. The average Bonchev–Trinajstić information content (AvgIpc) is 2.65. The summed E-state index contributed by atoms with van der Waals surface area (Å²) < 4.78 is 5.26. The summed E-state index contributed by atoms with van der Waals surface area (Å²) in [5, 5.41) is 0. The Labute approximate surface area is 163 Å². The van der Waals surface area contributed by atoms with Crippen molar-refractivity contribution in [2.24, 2.45) is 0 Å². The molecule has 1 aliphatic rings. The van der Waals surface area contributed by atoms with Crippen molar-refractivity contribution in [2.75, 3.05) is 40.3 Å². The van der Waals surface area contributed by atoms with E-state index in [1.165, 1.54) is 10.5 Å². The minimum atomic E-state index is -0.375. The van der Waals surface area contributed by atoms with Crippen molar-refractivity contribution in [2.45, 2.75) is 45.6 Å². The number of carbonyl (C=O) groups excluding carboxylic acids is 2. The van der Waals surface area contributed by atoms with Gasteiger partial charge >= 0.3 is 6.09 Å². The molecule has 1 atom stereocenters. The van der Waals surface area contributed by atoms with Gasteiger partial charge in [-0.3, -0.25) is 9.69 Å². The highest BCUT2D eigenvalue weighted by molar-refractivity contribution is 5.76. The fourth-order valence-electron chi connectivity index (χ4n) is 3.39. The molecule has 1 aromatic carbocycles. The van der Waals surface area contributed by atoms with Crippen molar-refractivity contribution in [3.63, 3.8) is 0 Å². The van der Waals surface area contributed by atoms with Gasteiger partial charge in [0.2, 0.25) is 5.91 Å². The van der Waals surface area contributed by atoms with Gasteiger partial charge in [-0.05, 0) is 50.4 Å². The lowest BCUT2D eigenvalue weighted by molar-refractivity contribution is -0.133. The maximum Gasteiger partial charge on any atom is 0.414 e. The summed E-state index contributed by atoms with van der Waals surface area (Å²) in [6.45, 7) is 7.97. The first kappa shape index (κ1) is 21.2. The van der Waals surface area contributed by atoms with Crippen molar-refractivity contribution < 1.29 is 14.3 Å². The van der Waals surface area contributed by atoms with Gasteiger partial charge < -0.3 is 14.5 Å². The Kier molecular flexibility index (Phi) is 8.10. The molecule has 2 rings (SSSR count). The van der Waals surface area contributed by atoms with Crippen molar-refractivity contribution in [1.82, 2.24) is 14.7 Å². The van der Waals surface area contributed by atoms with Crippen LogP contribution in [0.4, 0.5) is 4.79 Å². The van der Waals surface area contributed by atoms with E-state index >= 15 is 0 Å². The Balaban J connectivity index is 1.85. The van der Waals surface area contributed by atoms with Crippen LogP contribution >= 0.6 is 0 Å². The van der Waals surface area contributed by atoms with Crippen LogP contribution in [0.2, 0.25) is 0 Å². The first-order chi connectivity index (χ1) is 12.9. The molecular weight excluding hydrogens is 342 g/mol. The second-order valence-electron chi connectivity index (χ2n) is 7.43. The third-order valence-corrected chi connectivity index (χ3v) is 5.13. The van der Waals surface area contributed by atoms with E-state index in [2.05, 4.69) is 18.7 Å². The van der Waals surface area contributed by atoms with Crippen LogP contribution in [0.25, 0.3) is 0 Å². The van der Waals surface area contributed by atoms with Crippen LogP contribution in [0.5, 0.6) is 5.75 Å². The van der Waals surface area contributed by atoms with Crippen molar-refractivity contribution in [3.8, 4) is 5.75 Å². The van der Waals surface area contributed by atoms with Crippen LogP contribution in [0.3, 0.4) is 0 Å². The molecule has 0 N–H and O–H groups in total. The summed E-state index contributed by atoms with van der Waals surface area (Å²) in [5.74, 6) is 0.855. The minimum Gasteiger partial charge on any atom is -0.410 e. The fraction of sp³-hybridized carbons (Fsp3) is 0.619. The van der Waals surface area contributed by atoms with Gasteiger partial charge in [-0.15, -0.1) is 0 Å². The highest BCUT2D eigenvalue weighted by atomic mass is 16.6. The number of piperidine rings is 1. The highest BCUT2D eigenvalue weighted by Crippen LogP contribution is 2.16. The van der Waals surface area contributed by atoms with Gasteiger partial charge in [-0.1, -0.05) is 19.1 Å². The number of ether oxygens (including phenoxy) is 1. The molecule has 1 heterocycles. The summed E-state index contributed by atoms with van der Waals surface area (Å²) in [4.78, 5) is 29.4. The number of hydrogen-bond donors (Lipinski definition) is 0. The van der Waals surface area contributed by atoms with Gasteiger partial charge in [-0.25, -0.2) is 4.79 Å². The van der Waals surface area contributed by atoms with Gasteiger partial charge in [0.25, 0.3) is 0 Å². The fourth-order valence-corrected chi connectivity index (χ4v) is 3.39. The first-order valence-electron chi connectivity index (χ1n) is 9.90. The third-order valence-electron chi connectivity index (χ3n) is 5.13. The van der Waals surface area contributed by atoms with E-state index in [0.717, 1.165) is 45.4 Å². The number of hydrogen-bond acceptors (Lipinski definition) is 4. The second-order valence-corrected chi connectivity index (χ2v) is 7.43. The molecule has 0 bridgehead atoms. The standard InChI is InChI=1S/C21H33N3O3/c1-5-23(14-15-24-13-7-6-8-20(24)25)17(2)16-18-9-11-19(12-10-18)27-21(26)22(3)4/h9-12,17H,5-8,13-16H2,1-4H3. The van der Waals surface area contributed by atoms with E-state index in [0.29, 0.717) is 24.1 Å². The largest absolute Gasteiger partial charge is 0.414 e. The number of nitrogens with zero attached hydrogens (tertiary/aromatic N) is 3. The molecule has 1 fully saturated rings. The number of benzene rings is 1. The van der Waals surface area contributed by atoms with Crippen LogP contribution in [0.15, 0.2) is 24.3 Å². The zero-order valence-electron chi connectivity index (χ0n) is 17.1. The quantitative estimate of drug-likeness (QED) is 0.701. The molecule has 6 heteroatoms. The number of likely N-dealkylation sites (N-methyl/N-ethyl adjacent to an activating group) is 1. The Morgan fingerprint density at radius 3 is 2.52 bits per heavy atom. The van der Waals surface area contributed by atoms with Crippen LogP contribution in [-0.2, 0) is 11.2 Å². The Morgan fingerprint density at radius 2 is 1.93 bits per heavy atom. The van der Waals surface area contributed by atoms with E-state index in [-0.39, 0.29) is 6.09 Å². The highest BCUT2D eigenvalue weighted by Gasteiger charge is 2.20. The molecule has 6 nitrogen and oxygen atoms in total. The van der Waals surface area contributed by atoms with Crippen LogP contribution < -0.4 is 4.74 Å². The van der Waals surface area contributed by atoms with E-state index in [1.54, 1.807) is 14.1 Å². The lowest BCUT2D eigenvalue weighted by Gasteiger charge is -2.32. The number of rotatable bonds is 8. The van der Waals surface area contributed by atoms with Crippen molar-refractivity contribution >= 4 is 12.0 Å². The number of amides is 2. The van der Waals surface area contributed by atoms with Gasteiger partial charge in [0.15, 0.2) is 0 Å². The molecule has 0 saturated carbocycles. The predicted molar refractivity (Wildman–Crippen MR) is 107 cm³/mol. The minimum absolute atomic E-state index is 0.299. The van der Waals surface area contributed by atoms with Gasteiger partial charge in [0, 0.05) is 46.2 Å². The van der Waals surface area contributed by atoms with Crippen molar-refractivity contribution in [3.05, 3.63) is 29.8 Å². The topological polar surface area (TPSA) is 53.1 Å². The van der Waals surface area contributed by atoms with Gasteiger partial charge in [-0.2, -0.15) is 0 Å². The van der Waals surface area contributed by atoms with Gasteiger partial charge in [0.1, 0.15) is 5.75 Å². The van der Waals surface area contributed by atoms with E-state index in [9.17, 15) is 9.59 Å². The van der Waals surface area contributed by atoms with E-state index in [1.807, 2.05) is 29.2 Å². The molecule has 27 heavy (non-hydrogen) atoms. The summed E-state index contributed by atoms with van der Waals surface area (Å²) >= 11 is 0. The lowest BCUT2D eigenvalue weighted by Crippen LogP contribution is -2.44. The second kappa shape index (κ2) is 10.3. The molecule has 150 valence electrons. The SMILES string of the molecule is CCN(CCN1CCCCC1=O)C(C)Cc1ccc(OC(=O)N(C)C)cc1. The Bertz CT molecular complexity index is 616. The summed E-state index contributed by atoms with van der Waals surface area (Å²) in [6.07, 6.45) is 3.40. The maximum atomic E-state index is 12.0. The third kappa shape index (κ3) is 6.54. The molecule has 1 unspecified atom stereocenters. The lowest BCUT2D eigenvalue weighted by atomic mass is 10.1. The molecule has 0 radical (unpaired) electrons. The van der Waals surface area contributed by atoms with Crippen molar-refractivity contribution in [1.29, 1.82) is 0 Å². The number of carbonyl (C=O) groups is 2. The molecule has 1 saturated heterocycles. The Hall–Kier alpha value is -2.08.